The molecule has 0 atom stereocenters. The molecule has 110 valence electrons. The van der Waals surface area contributed by atoms with Gasteiger partial charge in [-0.3, -0.25) is 4.68 Å². The summed E-state index contributed by atoms with van der Waals surface area (Å²) in [5.41, 5.74) is 1.24. The first-order valence-electron chi connectivity index (χ1n) is 7.44. The van der Waals surface area contributed by atoms with Gasteiger partial charge in [-0.05, 0) is 30.6 Å². The fourth-order valence-corrected chi connectivity index (χ4v) is 2.97. The molecule has 3 rings (SSSR count). The van der Waals surface area contributed by atoms with Gasteiger partial charge in [-0.15, -0.1) is 0 Å². The molecule has 0 saturated heterocycles. The Kier molecular flexibility index (Phi) is 4.50. The van der Waals surface area contributed by atoms with Gasteiger partial charge in [0.1, 0.15) is 0 Å². The van der Waals surface area contributed by atoms with Crippen LogP contribution in [-0.2, 0) is 6.54 Å². The molecule has 1 aromatic carbocycles. The molecule has 1 fully saturated rings. The largest absolute Gasteiger partial charge is 0.360 e. The second-order valence-corrected chi connectivity index (χ2v) is 5.87. The molecule has 1 aliphatic carbocycles. The average molecular weight is 300 g/mol. The van der Waals surface area contributed by atoms with Crippen molar-refractivity contribution in [2.45, 2.75) is 38.3 Å². The molecule has 1 aliphatic rings. The molecule has 0 aliphatic heterocycles. The van der Waals surface area contributed by atoms with Crippen LogP contribution in [0.5, 0.6) is 0 Å². The van der Waals surface area contributed by atoms with Crippen LogP contribution >= 0.6 is 12.2 Å². The third-order valence-corrected chi connectivity index (χ3v) is 3.98. The minimum atomic E-state index is 0.524. The maximum Gasteiger partial charge on any atom is 0.172 e. The van der Waals surface area contributed by atoms with Gasteiger partial charge in [-0.1, -0.05) is 43.2 Å². The Labute approximate surface area is 130 Å². The summed E-state index contributed by atoms with van der Waals surface area (Å²) in [7, 11) is 0. The fraction of sp³-hybridized carbons (Fsp3) is 0.375. The molecular weight excluding hydrogens is 280 g/mol. The molecular formula is C16H20N4S. The molecule has 1 heterocycles. The van der Waals surface area contributed by atoms with Crippen LogP contribution < -0.4 is 10.6 Å². The van der Waals surface area contributed by atoms with Gasteiger partial charge < -0.3 is 10.6 Å². The van der Waals surface area contributed by atoms with Crippen LogP contribution in [0, 0.1) is 0 Å². The van der Waals surface area contributed by atoms with Gasteiger partial charge in [-0.2, -0.15) is 5.10 Å². The van der Waals surface area contributed by atoms with E-state index in [0.717, 1.165) is 12.4 Å². The number of hydrogen-bond acceptors (Lipinski definition) is 2. The number of rotatable bonds is 4. The van der Waals surface area contributed by atoms with Crippen molar-refractivity contribution in [1.82, 2.24) is 15.1 Å². The van der Waals surface area contributed by atoms with Gasteiger partial charge in [0.25, 0.3) is 0 Å². The van der Waals surface area contributed by atoms with E-state index in [1.54, 1.807) is 0 Å². The molecule has 1 saturated carbocycles. The minimum absolute atomic E-state index is 0.524. The summed E-state index contributed by atoms with van der Waals surface area (Å²) in [4.78, 5) is 0. The van der Waals surface area contributed by atoms with Crippen molar-refractivity contribution in [2.24, 2.45) is 0 Å². The van der Waals surface area contributed by atoms with E-state index >= 15 is 0 Å². The predicted molar refractivity (Wildman–Crippen MR) is 89.4 cm³/mol. The van der Waals surface area contributed by atoms with Gasteiger partial charge in [0.05, 0.1) is 6.54 Å². The smallest absolute Gasteiger partial charge is 0.172 e. The van der Waals surface area contributed by atoms with Gasteiger partial charge in [0.15, 0.2) is 10.9 Å². The maximum absolute atomic E-state index is 5.34. The molecule has 0 radical (unpaired) electrons. The lowest BCUT2D eigenvalue weighted by Gasteiger charge is -2.14. The summed E-state index contributed by atoms with van der Waals surface area (Å²) in [5, 5.41) is 11.7. The van der Waals surface area contributed by atoms with Crippen molar-refractivity contribution in [3.05, 3.63) is 48.2 Å². The van der Waals surface area contributed by atoms with Crippen LogP contribution in [0.3, 0.4) is 0 Å². The number of thiocarbonyl (C=S) groups is 1. The number of benzene rings is 1. The third-order valence-electron chi connectivity index (χ3n) is 3.76. The number of anilines is 1. The number of nitrogens with zero attached hydrogens (tertiary/aromatic N) is 2. The van der Waals surface area contributed by atoms with E-state index in [4.69, 9.17) is 12.2 Å². The lowest BCUT2D eigenvalue weighted by Crippen LogP contribution is -2.36. The van der Waals surface area contributed by atoms with E-state index in [2.05, 4.69) is 27.9 Å². The van der Waals surface area contributed by atoms with E-state index in [1.807, 2.05) is 35.1 Å². The zero-order valence-electron chi connectivity index (χ0n) is 12.0. The summed E-state index contributed by atoms with van der Waals surface area (Å²) >= 11 is 5.34. The molecule has 4 nitrogen and oxygen atoms in total. The van der Waals surface area contributed by atoms with Gasteiger partial charge >= 0.3 is 0 Å². The molecule has 21 heavy (non-hydrogen) atoms. The summed E-state index contributed by atoms with van der Waals surface area (Å²) < 4.78 is 1.91. The highest BCUT2D eigenvalue weighted by atomic mass is 32.1. The highest BCUT2D eigenvalue weighted by Gasteiger charge is 2.15. The monoisotopic (exact) mass is 300 g/mol. The molecule has 0 bridgehead atoms. The van der Waals surface area contributed by atoms with Gasteiger partial charge in [0, 0.05) is 18.3 Å². The maximum atomic E-state index is 5.34. The summed E-state index contributed by atoms with van der Waals surface area (Å²) in [6, 6.07) is 12.8. The fourth-order valence-electron chi connectivity index (χ4n) is 2.69. The van der Waals surface area contributed by atoms with Crippen LogP contribution in [0.4, 0.5) is 5.82 Å². The molecule has 0 spiro atoms. The summed E-state index contributed by atoms with van der Waals surface area (Å²) in [6.45, 7) is 0.769. The standard InChI is InChI=1S/C16H20N4S/c21-16(17-14-8-4-5-9-14)18-15-10-11-20(19-15)12-13-6-2-1-3-7-13/h1-3,6-7,10-11,14H,4-5,8-9,12H2,(H2,17,18,19,21). The van der Waals surface area contributed by atoms with Crippen molar-refractivity contribution in [2.75, 3.05) is 5.32 Å². The molecule has 2 N–H and O–H groups in total. The first-order valence-corrected chi connectivity index (χ1v) is 7.85. The molecule has 1 aromatic heterocycles. The summed E-state index contributed by atoms with van der Waals surface area (Å²) in [6.07, 6.45) is 6.99. The van der Waals surface area contributed by atoms with Crippen LogP contribution in [0.25, 0.3) is 0 Å². The van der Waals surface area contributed by atoms with Crippen LogP contribution in [0.1, 0.15) is 31.2 Å². The molecule has 5 heteroatoms. The number of hydrogen-bond donors (Lipinski definition) is 2. The quantitative estimate of drug-likeness (QED) is 0.851. The van der Waals surface area contributed by atoms with Crippen molar-refractivity contribution in [3.8, 4) is 0 Å². The van der Waals surface area contributed by atoms with Crippen molar-refractivity contribution >= 4 is 23.1 Å². The Balaban J connectivity index is 1.53. The zero-order valence-corrected chi connectivity index (χ0v) is 12.8. The SMILES string of the molecule is S=C(Nc1ccn(Cc2ccccc2)n1)NC1CCCC1. The second-order valence-electron chi connectivity index (χ2n) is 5.46. The Morgan fingerprint density at radius 1 is 1.19 bits per heavy atom. The van der Waals surface area contributed by atoms with E-state index in [1.165, 1.54) is 31.2 Å². The Morgan fingerprint density at radius 2 is 1.95 bits per heavy atom. The number of nitrogens with one attached hydrogen (secondary N) is 2. The van der Waals surface area contributed by atoms with Gasteiger partial charge in [0.2, 0.25) is 0 Å². The summed E-state index contributed by atoms with van der Waals surface area (Å²) in [5.74, 6) is 0.793. The Morgan fingerprint density at radius 3 is 2.71 bits per heavy atom. The predicted octanol–water partition coefficient (Wildman–Crippen LogP) is 3.16. The van der Waals surface area contributed by atoms with E-state index in [0.29, 0.717) is 11.2 Å². The van der Waals surface area contributed by atoms with Crippen LogP contribution in [0.2, 0.25) is 0 Å². The van der Waals surface area contributed by atoms with Crippen LogP contribution in [-0.4, -0.2) is 20.9 Å². The molecule has 2 aromatic rings. The van der Waals surface area contributed by atoms with Crippen molar-refractivity contribution in [1.29, 1.82) is 0 Å². The topological polar surface area (TPSA) is 41.9 Å². The highest BCUT2D eigenvalue weighted by molar-refractivity contribution is 7.80. The van der Waals surface area contributed by atoms with Gasteiger partial charge in [-0.25, -0.2) is 0 Å². The lowest BCUT2D eigenvalue weighted by molar-refractivity contribution is 0.634. The minimum Gasteiger partial charge on any atom is -0.360 e. The normalized spacial score (nSPS) is 15.0. The second kappa shape index (κ2) is 6.72. The third kappa shape index (κ3) is 4.04. The van der Waals surface area contributed by atoms with E-state index in [-0.39, 0.29) is 0 Å². The first-order chi connectivity index (χ1) is 10.3. The molecule has 0 amide bonds. The van der Waals surface area contributed by atoms with Crippen molar-refractivity contribution < 1.29 is 0 Å². The zero-order chi connectivity index (χ0) is 14.5. The molecule has 0 unspecified atom stereocenters. The van der Waals surface area contributed by atoms with Crippen molar-refractivity contribution in [3.63, 3.8) is 0 Å². The van der Waals surface area contributed by atoms with E-state index < -0.39 is 0 Å². The first kappa shape index (κ1) is 14.1. The Bertz CT molecular complexity index is 587. The average Bonchev–Trinajstić information content (AvgIpc) is 3.12. The Hall–Kier alpha value is -1.88. The highest BCUT2D eigenvalue weighted by Crippen LogP contribution is 2.17. The van der Waals surface area contributed by atoms with Crippen LogP contribution in [0.15, 0.2) is 42.6 Å². The lowest BCUT2D eigenvalue weighted by atomic mass is 10.2. The number of aromatic nitrogens is 2. The van der Waals surface area contributed by atoms with E-state index in [9.17, 15) is 0 Å².